The Labute approximate surface area is 221 Å². The quantitative estimate of drug-likeness (QED) is 0.111. The van der Waals surface area contributed by atoms with E-state index < -0.39 is 10.8 Å². The van der Waals surface area contributed by atoms with Gasteiger partial charge in [-0.05, 0) is 6.26 Å². The minimum absolute atomic E-state index is 0.159. The maximum atomic E-state index is 11.8. The fourth-order valence-electron chi connectivity index (χ4n) is 1.31. The zero-order valence-electron chi connectivity index (χ0n) is 16.4. The van der Waals surface area contributed by atoms with Crippen molar-refractivity contribution in [1.82, 2.24) is 0 Å². The van der Waals surface area contributed by atoms with Crippen molar-refractivity contribution < 1.29 is 14.1 Å². The van der Waals surface area contributed by atoms with Gasteiger partial charge in [0.2, 0.25) is 0 Å². The highest BCUT2D eigenvalue weighted by molar-refractivity contribution is 8.30. The third-order valence-electron chi connectivity index (χ3n) is 2.46. The largest absolute Gasteiger partial charge is 0.396 e. The topological polar surface area (TPSA) is 54.4 Å². The Balaban J connectivity index is 3.22. The van der Waals surface area contributed by atoms with E-state index in [1.807, 2.05) is 82.3 Å². The molecule has 0 radical (unpaired) electrons. The summed E-state index contributed by atoms with van der Waals surface area (Å²) in [6.07, 6.45) is 2.13. The summed E-state index contributed by atoms with van der Waals surface area (Å²) in [6, 6.07) is 0. The lowest BCUT2D eigenvalue weighted by Gasteiger charge is -2.04. The molecule has 1 N–H and O–H groups in total. The molecule has 0 aromatic heterocycles. The summed E-state index contributed by atoms with van der Waals surface area (Å²) in [7, 11) is -0.769. The van der Waals surface area contributed by atoms with E-state index in [4.69, 9.17) is 5.11 Å². The second kappa shape index (κ2) is 27.5. The summed E-state index contributed by atoms with van der Waals surface area (Å²) in [6.45, 7) is 0.159. The van der Waals surface area contributed by atoms with E-state index in [0.29, 0.717) is 21.7 Å². The second-order valence-corrected chi connectivity index (χ2v) is 19.3. The molecule has 0 heterocycles. The third kappa shape index (κ3) is 27.4. The van der Waals surface area contributed by atoms with Crippen LogP contribution in [0.25, 0.3) is 0 Å². The van der Waals surface area contributed by atoms with Crippen molar-refractivity contribution in [2.75, 3.05) is 76.6 Å². The molecule has 0 aliphatic carbocycles. The van der Waals surface area contributed by atoms with Crippen LogP contribution in [0.4, 0.5) is 0 Å². The molecule has 0 aliphatic rings. The number of carbonyl (C=O) groups is 1. The van der Waals surface area contributed by atoms with Gasteiger partial charge in [-0.15, -0.1) is 82.3 Å². The minimum Gasteiger partial charge on any atom is -0.396 e. The van der Waals surface area contributed by atoms with Crippen LogP contribution in [0.5, 0.6) is 0 Å². The molecule has 0 rings (SSSR count). The van der Waals surface area contributed by atoms with Crippen LogP contribution in [-0.4, -0.2) is 91.0 Å². The van der Waals surface area contributed by atoms with Crippen LogP contribution in [-0.2, 0) is 15.6 Å². The average Bonchev–Trinajstić information content (AvgIpc) is 2.71. The minimum atomic E-state index is -0.769. The fraction of sp³-hybridized carbons (Fsp3) is 0.933. The monoisotopic (exact) mass is 610 g/mol. The maximum absolute atomic E-state index is 11.8. The average molecular weight is 611 g/mol. The van der Waals surface area contributed by atoms with Gasteiger partial charge in [0.25, 0.3) is 0 Å². The van der Waals surface area contributed by atoms with Gasteiger partial charge in [0, 0.05) is 63.7 Å². The van der Waals surface area contributed by atoms with Gasteiger partial charge in [-0.2, -0.15) is 23.5 Å². The van der Waals surface area contributed by atoms with Gasteiger partial charge >= 0.3 is 0 Å². The summed E-state index contributed by atoms with van der Waals surface area (Å²) in [5, 5.41) is 16.9. The van der Waals surface area contributed by atoms with Crippen LogP contribution in [0.2, 0.25) is 0 Å². The number of aliphatic hydroxyl groups excluding tert-OH is 1. The molecule has 14 heteroatoms. The van der Waals surface area contributed by atoms with Gasteiger partial charge in [0.05, 0.1) is 17.4 Å². The molecule has 0 saturated carbocycles. The lowest BCUT2D eigenvalue weighted by molar-refractivity contribution is -0.108. The highest BCUT2D eigenvalue weighted by atomic mass is 32.3. The summed E-state index contributed by atoms with van der Waals surface area (Å²) in [5.74, 6) is 2.94. The number of hydrogen-bond acceptors (Lipinski definition) is 13. The zero-order chi connectivity index (χ0) is 21.4. The van der Waals surface area contributed by atoms with Crippen molar-refractivity contribution in [1.29, 1.82) is 0 Å². The van der Waals surface area contributed by atoms with Crippen molar-refractivity contribution in [2.45, 2.75) is 0 Å². The Morgan fingerprint density at radius 1 is 0.759 bits per heavy atom. The van der Waals surface area contributed by atoms with E-state index >= 15 is 0 Å². The first-order valence-corrected chi connectivity index (χ1v) is 21.5. The van der Waals surface area contributed by atoms with Crippen LogP contribution < -0.4 is 0 Å². The molecule has 0 aliphatic heterocycles. The highest BCUT2D eigenvalue weighted by Gasteiger charge is 2.04. The zero-order valence-corrected chi connectivity index (χ0v) is 25.4. The Kier molecular flexibility index (Phi) is 30.6. The van der Waals surface area contributed by atoms with Crippen molar-refractivity contribution in [3.05, 3.63) is 0 Å². The summed E-state index contributed by atoms with van der Waals surface area (Å²) in [5.41, 5.74) is 0. The molecule has 1 atom stereocenters. The van der Waals surface area contributed by atoms with Crippen molar-refractivity contribution in [3.8, 4) is 0 Å². The van der Waals surface area contributed by atoms with Crippen LogP contribution in [0.15, 0.2) is 0 Å². The molecule has 0 aromatic rings. The van der Waals surface area contributed by atoms with Gasteiger partial charge in [-0.3, -0.25) is 9.00 Å². The van der Waals surface area contributed by atoms with E-state index in [1.165, 1.54) is 11.8 Å². The molecule has 0 aromatic carbocycles. The molecule has 0 saturated heterocycles. The molecular formula is C15H30O3S11. The molecule has 0 bridgehead atoms. The Hall–Kier alpha value is 3.28. The van der Waals surface area contributed by atoms with Gasteiger partial charge < -0.3 is 5.11 Å². The number of aliphatic hydroxyl groups is 1. The molecule has 174 valence electrons. The number of carbonyl (C=O) groups excluding carboxylic acids is 1. The summed E-state index contributed by atoms with van der Waals surface area (Å²) >= 11 is 17.9. The Morgan fingerprint density at radius 3 is 2.00 bits per heavy atom. The van der Waals surface area contributed by atoms with E-state index in [-0.39, 0.29) is 6.61 Å². The van der Waals surface area contributed by atoms with Crippen molar-refractivity contribution >= 4 is 134 Å². The fourth-order valence-corrected chi connectivity index (χ4v) is 14.2. The first-order valence-electron chi connectivity index (χ1n) is 8.43. The van der Waals surface area contributed by atoms with E-state index in [0.717, 1.165) is 47.1 Å². The van der Waals surface area contributed by atoms with E-state index in [2.05, 4.69) is 6.26 Å². The van der Waals surface area contributed by atoms with E-state index in [1.54, 1.807) is 23.5 Å². The molecule has 0 fully saturated rings. The van der Waals surface area contributed by atoms with Gasteiger partial charge in [-0.1, -0.05) is 11.8 Å². The van der Waals surface area contributed by atoms with Gasteiger partial charge in [-0.25, -0.2) is 0 Å². The number of hydrogen-bond donors (Lipinski definition) is 1. The predicted molar refractivity (Wildman–Crippen MR) is 160 cm³/mol. The third-order valence-corrected chi connectivity index (χ3v) is 16.6. The number of rotatable bonds is 23. The standard InChI is InChI=1S/C15H30O3S11/c1-19-7-23-10-26-12-27-13-28-15(17)6-22-9-25-11-24-8-20-4-5-29(18)14-21-3-2-16/h16H,2-14H2,1H3. The van der Waals surface area contributed by atoms with Crippen LogP contribution >= 0.6 is 118 Å². The second-order valence-electron chi connectivity index (χ2n) is 4.80. The molecule has 0 spiro atoms. The smallest absolute Gasteiger partial charge is 0.199 e. The first kappa shape index (κ1) is 32.3. The first-order chi connectivity index (χ1) is 14.2. The normalized spacial score (nSPS) is 12.3. The Bertz CT molecular complexity index is 391. The van der Waals surface area contributed by atoms with Crippen LogP contribution in [0.1, 0.15) is 0 Å². The number of thioether (sulfide) groups is 10. The lowest BCUT2D eigenvalue weighted by Crippen LogP contribution is -2.03. The van der Waals surface area contributed by atoms with Crippen molar-refractivity contribution in [2.24, 2.45) is 0 Å². The van der Waals surface area contributed by atoms with Crippen LogP contribution in [0.3, 0.4) is 0 Å². The lowest BCUT2D eigenvalue weighted by atomic mass is 10.9. The molecular weight excluding hydrogens is 581 g/mol. The van der Waals surface area contributed by atoms with Gasteiger partial charge in [0.15, 0.2) is 5.12 Å². The van der Waals surface area contributed by atoms with Crippen molar-refractivity contribution in [3.63, 3.8) is 0 Å². The van der Waals surface area contributed by atoms with Crippen LogP contribution in [0, 0.1) is 0 Å². The van der Waals surface area contributed by atoms with Gasteiger partial charge in [0.1, 0.15) is 0 Å². The Morgan fingerprint density at radius 2 is 1.34 bits per heavy atom. The SMILES string of the molecule is CSCSCSCSCSC(=O)CSCSCSCSCCS(=O)CSCCO. The molecule has 3 nitrogen and oxygen atoms in total. The molecule has 0 amide bonds. The molecule has 1 unspecified atom stereocenters. The summed E-state index contributed by atoms with van der Waals surface area (Å²) < 4.78 is 11.7. The summed E-state index contributed by atoms with van der Waals surface area (Å²) in [4.78, 5) is 11.8. The molecule has 29 heavy (non-hydrogen) atoms. The highest BCUT2D eigenvalue weighted by Crippen LogP contribution is 2.25. The predicted octanol–water partition coefficient (Wildman–Crippen LogP) is 5.88. The maximum Gasteiger partial charge on any atom is 0.199 e. The van der Waals surface area contributed by atoms with E-state index in [9.17, 15) is 9.00 Å².